The van der Waals surface area contributed by atoms with Crippen molar-refractivity contribution in [3.05, 3.63) is 115 Å². The monoisotopic (exact) mass is 538 g/mol. The van der Waals surface area contributed by atoms with E-state index in [-0.39, 0.29) is 29.1 Å². The van der Waals surface area contributed by atoms with E-state index < -0.39 is 23.8 Å². The summed E-state index contributed by atoms with van der Waals surface area (Å²) in [5, 5.41) is 0. The number of hydrogen-bond acceptors (Lipinski definition) is 6. The van der Waals surface area contributed by atoms with Crippen LogP contribution in [-0.4, -0.2) is 17.1 Å². The molecule has 194 valence electrons. The quantitative estimate of drug-likeness (QED) is 0.333. The van der Waals surface area contributed by atoms with E-state index in [1.165, 1.54) is 22.8 Å². The van der Waals surface area contributed by atoms with E-state index in [0.29, 0.717) is 20.8 Å². The summed E-state index contributed by atoms with van der Waals surface area (Å²) in [5.74, 6) is -0.0216. The second-order valence-electron chi connectivity index (χ2n) is 8.49. The van der Waals surface area contributed by atoms with E-state index >= 15 is 0 Å². The van der Waals surface area contributed by atoms with E-state index in [2.05, 4.69) is 4.99 Å². The van der Waals surface area contributed by atoms with Gasteiger partial charge in [-0.05, 0) is 43.7 Å². The van der Waals surface area contributed by atoms with Gasteiger partial charge in [0.15, 0.2) is 4.80 Å². The molecule has 10 heteroatoms. The van der Waals surface area contributed by atoms with Gasteiger partial charge in [-0.15, -0.1) is 0 Å². The van der Waals surface area contributed by atoms with E-state index in [4.69, 9.17) is 9.15 Å². The Morgan fingerprint density at radius 3 is 2.61 bits per heavy atom. The van der Waals surface area contributed by atoms with Crippen LogP contribution in [0.15, 0.2) is 92.2 Å². The van der Waals surface area contributed by atoms with Crippen LogP contribution in [0.3, 0.4) is 0 Å². The van der Waals surface area contributed by atoms with Gasteiger partial charge in [0.1, 0.15) is 11.5 Å². The number of esters is 1. The van der Waals surface area contributed by atoms with Crippen LogP contribution >= 0.6 is 11.3 Å². The molecule has 38 heavy (non-hydrogen) atoms. The van der Waals surface area contributed by atoms with E-state index in [1.54, 1.807) is 26.0 Å². The maximum absolute atomic E-state index is 13.6. The fourth-order valence-electron chi connectivity index (χ4n) is 4.31. The summed E-state index contributed by atoms with van der Waals surface area (Å²) >= 11 is 1.13. The van der Waals surface area contributed by atoms with Gasteiger partial charge in [0, 0.05) is 11.6 Å². The smallest absolute Gasteiger partial charge is 0.416 e. The average molecular weight is 539 g/mol. The number of fused-ring (bicyclic) bond motifs is 1. The van der Waals surface area contributed by atoms with Crippen LogP contribution in [0.25, 0.3) is 17.4 Å². The molecule has 0 unspecified atom stereocenters. The number of halogens is 3. The van der Waals surface area contributed by atoms with Crippen molar-refractivity contribution >= 4 is 23.4 Å². The summed E-state index contributed by atoms with van der Waals surface area (Å²) in [7, 11) is 0. The highest BCUT2D eigenvalue weighted by Crippen LogP contribution is 2.33. The number of hydrogen-bond donors (Lipinski definition) is 0. The van der Waals surface area contributed by atoms with E-state index in [9.17, 15) is 22.8 Å². The average Bonchev–Trinajstić information content (AvgIpc) is 3.48. The molecule has 6 nitrogen and oxygen atoms in total. The highest BCUT2D eigenvalue weighted by Gasteiger charge is 2.33. The first-order valence-electron chi connectivity index (χ1n) is 11.7. The summed E-state index contributed by atoms with van der Waals surface area (Å²) in [6.45, 7) is 3.58. The minimum atomic E-state index is -4.48. The molecule has 1 aliphatic heterocycles. The Labute approximate surface area is 218 Å². The van der Waals surface area contributed by atoms with Crippen molar-refractivity contribution < 1.29 is 27.1 Å². The fraction of sp³-hybridized carbons (Fsp3) is 0.179. The first kappa shape index (κ1) is 25.5. The Hall–Kier alpha value is -4.18. The summed E-state index contributed by atoms with van der Waals surface area (Å²) < 4.78 is 52.2. The van der Waals surface area contributed by atoms with Crippen molar-refractivity contribution in [1.29, 1.82) is 0 Å². The molecule has 0 saturated heterocycles. The minimum Gasteiger partial charge on any atom is -0.463 e. The van der Waals surface area contributed by atoms with Gasteiger partial charge in [0.2, 0.25) is 0 Å². The zero-order valence-electron chi connectivity index (χ0n) is 20.3. The number of carbonyl (C=O) groups excluding carboxylic acids is 1. The lowest BCUT2D eigenvalue weighted by molar-refractivity contribution is -0.139. The Kier molecular flexibility index (Phi) is 6.66. The molecule has 4 aromatic rings. The van der Waals surface area contributed by atoms with Gasteiger partial charge in [0.05, 0.1) is 34.0 Å². The summed E-state index contributed by atoms with van der Waals surface area (Å²) in [4.78, 5) is 31.4. The highest BCUT2D eigenvalue weighted by atomic mass is 32.1. The van der Waals surface area contributed by atoms with Gasteiger partial charge in [-0.25, -0.2) is 9.79 Å². The highest BCUT2D eigenvalue weighted by molar-refractivity contribution is 7.07. The maximum Gasteiger partial charge on any atom is 0.416 e. The summed E-state index contributed by atoms with van der Waals surface area (Å²) in [5.41, 5.74) is 0.558. The summed E-state index contributed by atoms with van der Waals surface area (Å²) in [6, 6.07) is 16.4. The predicted molar refractivity (Wildman–Crippen MR) is 136 cm³/mol. The zero-order chi connectivity index (χ0) is 27.0. The van der Waals surface area contributed by atoms with Crippen LogP contribution in [0.4, 0.5) is 13.2 Å². The maximum atomic E-state index is 13.6. The van der Waals surface area contributed by atoms with Gasteiger partial charge >= 0.3 is 12.1 Å². The van der Waals surface area contributed by atoms with Crippen molar-refractivity contribution in [2.24, 2.45) is 4.99 Å². The molecule has 0 fully saturated rings. The van der Waals surface area contributed by atoms with Gasteiger partial charge in [0.25, 0.3) is 5.56 Å². The number of rotatable bonds is 5. The number of alkyl halides is 3. The van der Waals surface area contributed by atoms with Crippen LogP contribution < -0.4 is 14.9 Å². The number of nitrogens with zero attached hydrogens (tertiary/aromatic N) is 2. The lowest BCUT2D eigenvalue weighted by atomic mass is 9.96. The molecule has 0 N–H and O–H groups in total. The van der Waals surface area contributed by atoms with Crippen molar-refractivity contribution in [3.63, 3.8) is 0 Å². The molecule has 2 aromatic heterocycles. The van der Waals surface area contributed by atoms with Gasteiger partial charge in [-0.2, -0.15) is 13.2 Å². The fourth-order valence-corrected chi connectivity index (χ4v) is 5.33. The predicted octanol–water partition coefficient (Wildman–Crippen LogP) is 5.08. The number of thiazole rings is 1. The minimum absolute atomic E-state index is 0.175. The SMILES string of the molecule is CCOC(=O)C1=C(C)N=c2sc(=Cc3ccc(-c4cccc(C(F)(F)F)c4)o3)c(=O)n2[C@@H]1c1ccccc1. The van der Waals surface area contributed by atoms with Crippen LogP contribution in [0.2, 0.25) is 0 Å². The van der Waals surface area contributed by atoms with Crippen LogP contribution in [0, 0.1) is 0 Å². The number of furan rings is 1. The van der Waals surface area contributed by atoms with Crippen molar-refractivity contribution in [2.45, 2.75) is 26.1 Å². The second kappa shape index (κ2) is 9.94. The molecule has 3 heterocycles. The Morgan fingerprint density at radius 2 is 1.89 bits per heavy atom. The molecule has 0 amide bonds. The second-order valence-corrected chi connectivity index (χ2v) is 9.50. The summed E-state index contributed by atoms with van der Waals surface area (Å²) in [6.07, 6.45) is -2.96. The molecule has 1 atom stereocenters. The van der Waals surface area contributed by atoms with Crippen LogP contribution in [0.1, 0.15) is 36.8 Å². The normalized spacial score (nSPS) is 15.8. The van der Waals surface area contributed by atoms with E-state index in [1.807, 2.05) is 30.3 Å². The molecule has 0 spiro atoms. The van der Waals surface area contributed by atoms with Crippen molar-refractivity contribution in [1.82, 2.24) is 4.57 Å². The number of ether oxygens (including phenoxy) is 1. The Balaban J connectivity index is 1.60. The molecular formula is C28H21F3N2O4S. The lowest BCUT2D eigenvalue weighted by Crippen LogP contribution is -2.39. The van der Waals surface area contributed by atoms with E-state index in [0.717, 1.165) is 29.0 Å². The molecule has 2 aromatic carbocycles. The van der Waals surface area contributed by atoms with Gasteiger partial charge in [-0.1, -0.05) is 53.8 Å². The Bertz CT molecular complexity index is 1730. The molecule has 1 aliphatic rings. The van der Waals surface area contributed by atoms with Crippen LogP contribution in [0.5, 0.6) is 0 Å². The van der Waals surface area contributed by atoms with Gasteiger partial charge in [-0.3, -0.25) is 9.36 Å². The number of carbonyl (C=O) groups is 1. The number of aromatic nitrogens is 1. The molecule has 5 rings (SSSR count). The third-order valence-corrected chi connectivity index (χ3v) is 6.99. The Morgan fingerprint density at radius 1 is 1.13 bits per heavy atom. The van der Waals surface area contributed by atoms with Crippen molar-refractivity contribution in [3.8, 4) is 11.3 Å². The lowest BCUT2D eigenvalue weighted by Gasteiger charge is -2.24. The molecular weight excluding hydrogens is 517 g/mol. The topological polar surface area (TPSA) is 73.8 Å². The largest absolute Gasteiger partial charge is 0.463 e. The zero-order valence-corrected chi connectivity index (χ0v) is 21.1. The van der Waals surface area contributed by atoms with Crippen molar-refractivity contribution in [2.75, 3.05) is 6.61 Å². The van der Waals surface area contributed by atoms with Crippen LogP contribution in [-0.2, 0) is 15.7 Å². The standard InChI is InChI=1S/C28H21F3N2O4S/c1-3-36-26(35)23-16(2)32-27-33(24(23)17-8-5-4-6-9-17)25(34)22(38-27)15-20-12-13-21(37-20)18-10-7-11-19(14-18)28(29,30)31/h4-15,24H,3H2,1-2H3/t24-/m1/s1. The number of allylic oxidation sites excluding steroid dienone is 1. The third-order valence-electron chi connectivity index (χ3n) is 6.01. The first-order chi connectivity index (χ1) is 18.2. The molecule has 0 saturated carbocycles. The molecule has 0 radical (unpaired) electrons. The third kappa shape index (κ3) is 4.74. The first-order valence-corrected chi connectivity index (χ1v) is 12.5. The molecule has 0 bridgehead atoms. The number of benzene rings is 2. The molecule has 0 aliphatic carbocycles. The van der Waals surface area contributed by atoms with Gasteiger partial charge < -0.3 is 9.15 Å².